The van der Waals surface area contributed by atoms with Gasteiger partial charge >= 0.3 is 0 Å². The molecule has 3 aromatic rings. The van der Waals surface area contributed by atoms with Crippen LogP contribution in [0.25, 0.3) is 0 Å². The van der Waals surface area contributed by atoms with Crippen molar-refractivity contribution >= 4 is 17.3 Å². The number of rotatable bonds is 8. The number of methoxy groups -OCH3 is 1. The van der Waals surface area contributed by atoms with Gasteiger partial charge in [0.25, 0.3) is 5.91 Å². The number of anilines is 2. The number of carbonyl (C=O) groups excluding carboxylic acids is 1. The average molecular weight is 486 g/mol. The number of carbonyl (C=O) groups is 1. The van der Waals surface area contributed by atoms with Crippen molar-refractivity contribution in [3.05, 3.63) is 77.0 Å². The molecule has 0 radical (unpaired) electrons. The molecule has 0 bridgehead atoms. The summed E-state index contributed by atoms with van der Waals surface area (Å²) >= 11 is 0. The number of hydrogen-bond donors (Lipinski definition) is 3. The third-order valence-corrected chi connectivity index (χ3v) is 5.65. The predicted molar refractivity (Wildman–Crippen MR) is 125 cm³/mol. The maximum Gasteiger partial charge on any atom is 0.257 e. The molecule has 1 aliphatic rings. The molecule has 1 amide bonds. The van der Waals surface area contributed by atoms with Crippen molar-refractivity contribution < 1.29 is 22.7 Å². The first-order valence-corrected chi connectivity index (χ1v) is 11.0. The molecule has 0 atom stereocenters. The maximum absolute atomic E-state index is 15.1. The number of amides is 1. The van der Waals surface area contributed by atoms with Crippen molar-refractivity contribution in [2.45, 2.75) is 13.1 Å². The summed E-state index contributed by atoms with van der Waals surface area (Å²) < 4.78 is 50.0. The van der Waals surface area contributed by atoms with Crippen LogP contribution in [0.4, 0.5) is 24.5 Å². The molecular formula is C24H25F3N6O2. The second-order valence-electron chi connectivity index (χ2n) is 7.95. The van der Waals surface area contributed by atoms with Gasteiger partial charge < -0.3 is 20.7 Å². The average Bonchev–Trinajstić information content (AvgIpc) is 2.90. The van der Waals surface area contributed by atoms with Crippen LogP contribution in [0.2, 0.25) is 0 Å². The summed E-state index contributed by atoms with van der Waals surface area (Å²) in [5.74, 6) is -4.77. The number of ether oxygens (including phenoxy) is 1. The molecule has 0 saturated carbocycles. The standard InChI is InChI=1S/C24H25F3N6O2/c1-35-18-11-15(4-6-30-18)12-31-22-17(14-33-9-7-28-8-10-33)19(25)20(26)21(27)23(22)32-24(34)16-3-2-5-29-13-16/h2-6,11,13,28,31H,7-10,12,14H2,1H3,(H,32,34). The van der Waals surface area contributed by atoms with E-state index < -0.39 is 29.0 Å². The van der Waals surface area contributed by atoms with E-state index in [1.165, 1.54) is 31.8 Å². The van der Waals surface area contributed by atoms with Crippen LogP contribution in [-0.2, 0) is 13.1 Å². The van der Waals surface area contributed by atoms with E-state index in [0.29, 0.717) is 37.6 Å². The zero-order valence-corrected chi connectivity index (χ0v) is 19.1. The van der Waals surface area contributed by atoms with E-state index in [0.717, 1.165) is 0 Å². The summed E-state index contributed by atoms with van der Waals surface area (Å²) in [5.41, 5.74) is 0.273. The molecular weight excluding hydrogens is 461 g/mol. The maximum atomic E-state index is 15.1. The Kier molecular flexibility index (Phi) is 7.78. The molecule has 184 valence electrons. The minimum atomic E-state index is -1.65. The lowest BCUT2D eigenvalue weighted by Gasteiger charge is -2.29. The lowest BCUT2D eigenvalue weighted by molar-refractivity contribution is 0.102. The van der Waals surface area contributed by atoms with Crippen molar-refractivity contribution in [2.75, 3.05) is 43.9 Å². The van der Waals surface area contributed by atoms with Crippen LogP contribution in [0.5, 0.6) is 5.88 Å². The highest BCUT2D eigenvalue weighted by atomic mass is 19.2. The molecule has 8 nitrogen and oxygen atoms in total. The Bertz CT molecular complexity index is 1190. The van der Waals surface area contributed by atoms with E-state index in [1.807, 2.05) is 4.90 Å². The number of halogens is 3. The summed E-state index contributed by atoms with van der Waals surface area (Å²) in [4.78, 5) is 22.6. The van der Waals surface area contributed by atoms with Crippen LogP contribution in [-0.4, -0.2) is 54.1 Å². The number of hydrogen-bond acceptors (Lipinski definition) is 7. The molecule has 1 fully saturated rings. The number of pyridine rings is 2. The summed E-state index contributed by atoms with van der Waals surface area (Å²) in [6.07, 6.45) is 4.32. The molecule has 0 aliphatic carbocycles. The van der Waals surface area contributed by atoms with Gasteiger partial charge in [0.1, 0.15) is 5.69 Å². The molecule has 3 N–H and O–H groups in total. The fourth-order valence-corrected chi connectivity index (χ4v) is 3.81. The van der Waals surface area contributed by atoms with E-state index in [1.54, 1.807) is 18.2 Å². The monoisotopic (exact) mass is 486 g/mol. The fraction of sp³-hybridized carbons (Fsp3) is 0.292. The second kappa shape index (κ2) is 11.2. The van der Waals surface area contributed by atoms with Crippen LogP contribution in [0, 0.1) is 17.5 Å². The third kappa shape index (κ3) is 5.69. The lowest BCUT2D eigenvalue weighted by atomic mass is 10.1. The highest BCUT2D eigenvalue weighted by Gasteiger charge is 2.28. The third-order valence-electron chi connectivity index (χ3n) is 5.65. The van der Waals surface area contributed by atoms with Gasteiger partial charge in [-0.1, -0.05) is 0 Å². The van der Waals surface area contributed by atoms with Crippen molar-refractivity contribution in [1.29, 1.82) is 0 Å². The van der Waals surface area contributed by atoms with Crippen LogP contribution < -0.4 is 20.7 Å². The van der Waals surface area contributed by atoms with Crippen LogP contribution in [0.3, 0.4) is 0 Å². The normalized spacial score (nSPS) is 13.9. The van der Waals surface area contributed by atoms with Gasteiger partial charge in [-0.2, -0.15) is 0 Å². The number of nitrogens with one attached hydrogen (secondary N) is 3. The quantitative estimate of drug-likeness (QED) is 0.422. The first-order chi connectivity index (χ1) is 17.0. The van der Waals surface area contributed by atoms with Gasteiger partial charge in [-0.3, -0.25) is 14.7 Å². The first-order valence-electron chi connectivity index (χ1n) is 11.0. The van der Waals surface area contributed by atoms with Gasteiger partial charge in [-0.05, 0) is 23.8 Å². The van der Waals surface area contributed by atoms with E-state index in [9.17, 15) is 9.18 Å². The first kappa shape index (κ1) is 24.4. The highest BCUT2D eigenvalue weighted by Crippen LogP contribution is 2.36. The summed E-state index contributed by atoms with van der Waals surface area (Å²) in [6, 6.07) is 6.39. The second-order valence-corrected chi connectivity index (χ2v) is 7.95. The van der Waals surface area contributed by atoms with Crippen molar-refractivity contribution in [2.24, 2.45) is 0 Å². The van der Waals surface area contributed by atoms with Gasteiger partial charge in [0, 0.05) is 69.5 Å². The Balaban J connectivity index is 1.73. The van der Waals surface area contributed by atoms with Gasteiger partial charge in [0.2, 0.25) is 5.88 Å². The predicted octanol–water partition coefficient (Wildman–Crippen LogP) is 3.17. The number of aromatic nitrogens is 2. The topological polar surface area (TPSA) is 91.4 Å². The van der Waals surface area contributed by atoms with Crippen LogP contribution in [0.15, 0.2) is 42.9 Å². The Hall–Kier alpha value is -3.70. The molecule has 0 unspecified atom stereocenters. The molecule has 35 heavy (non-hydrogen) atoms. The molecule has 2 aromatic heterocycles. The summed E-state index contributed by atoms with van der Waals surface area (Å²) in [7, 11) is 1.47. The molecule has 4 rings (SSSR count). The Morgan fingerprint density at radius 2 is 1.91 bits per heavy atom. The smallest absolute Gasteiger partial charge is 0.257 e. The number of benzene rings is 1. The summed E-state index contributed by atoms with van der Waals surface area (Å²) in [5, 5.41) is 8.61. The van der Waals surface area contributed by atoms with Crippen molar-refractivity contribution in [3.8, 4) is 5.88 Å². The SMILES string of the molecule is COc1cc(CNc2c(CN3CCNCC3)c(F)c(F)c(F)c2NC(=O)c2cccnc2)ccn1. The Morgan fingerprint density at radius 3 is 2.63 bits per heavy atom. The van der Waals surface area contributed by atoms with Gasteiger partial charge in [-0.25, -0.2) is 18.2 Å². The zero-order valence-electron chi connectivity index (χ0n) is 19.1. The summed E-state index contributed by atoms with van der Waals surface area (Å²) in [6.45, 7) is 2.74. The number of nitrogens with zero attached hydrogens (tertiary/aromatic N) is 3. The molecule has 1 aliphatic heterocycles. The highest BCUT2D eigenvalue weighted by molar-refractivity contribution is 6.06. The minimum Gasteiger partial charge on any atom is -0.481 e. The molecule has 11 heteroatoms. The van der Waals surface area contributed by atoms with E-state index in [2.05, 4.69) is 25.9 Å². The molecule has 1 saturated heterocycles. The van der Waals surface area contributed by atoms with Crippen molar-refractivity contribution in [1.82, 2.24) is 20.2 Å². The van der Waals surface area contributed by atoms with Gasteiger partial charge in [0.15, 0.2) is 17.5 Å². The lowest BCUT2D eigenvalue weighted by Crippen LogP contribution is -2.43. The van der Waals surface area contributed by atoms with E-state index >= 15 is 8.78 Å². The van der Waals surface area contributed by atoms with Crippen LogP contribution >= 0.6 is 0 Å². The largest absolute Gasteiger partial charge is 0.481 e. The zero-order chi connectivity index (χ0) is 24.8. The van der Waals surface area contributed by atoms with Crippen LogP contribution in [0.1, 0.15) is 21.5 Å². The van der Waals surface area contributed by atoms with E-state index in [-0.39, 0.29) is 29.9 Å². The van der Waals surface area contributed by atoms with E-state index in [4.69, 9.17) is 4.74 Å². The van der Waals surface area contributed by atoms with Crippen molar-refractivity contribution in [3.63, 3.8) is 0 Å². The molecule has 0 spiro atoms. The van der Waals surface area contributed by atoms with Gasteiger partial charge in [-0.15, -0.1) is 0 Å². The van der Waals surface area contributed by atoms with Gasteiger partial charge in [0.05, 0.1) is 18.4 Å². The molecule has 1 aromatic carbocycles. The Morgan fingerprint density at radius 1 is 1.11 bits per heavy atom. The Labute approximate surface area is 200 Å². The minimum absolute atomic E-state index is 0.0302. The number of piperazine rings is 1. The fourth-order valence-electron chi connectivity index (χ4n) is 3.81. The molecule has 3 heterocycles.